The summed E-state index contributed by atoms with van der Waals surface area (Å²) in [5, 5.41) is 15.7. The van der Waals surface area contributed by atoms with Crippen molar-refractivity contribution in [2.24, 2.45) is 5.10 Å². The Balaban J connectivity index is 2.45. The maximum absolute atomic E-state index is 9.50. The smallest absolute Gasteiger partial charge is 0.111 e. The molecule has 4 nitrogen and oxygen atoms in total. The van der Waals surface area contributed by atoms with Gasteiger partial charge in [0.05, 0.1) is 18.9 Å². The second-order valence-electron chi connectivity index (χ2n) is 3.97. The summed E-state index contributed by atoms with van der Waals surface area (Å²) in [6.07, 6.45) is 3.13. The van der Waals surface area contributed by atoms with Crippen molar-refractivity contribution in [2.75, 3.05) is 20.3 Å². The molecule has 0 saturated carbocycles. The van der Waals surface area contributed by atoms with Crippen LogP contribution in [0.25, 0.3) is 0 Å². The van der Waals surface area contributed by atoms with Crippen molar-refractivity contribution < 1.29 is 9.84 Å². The largest absolute Gasteiger partial charge is 0.383 e. The van der Waals surface area contributed by atoms with Crippen LogP contribution < -0.4 is 0 Å². The minimum absolute atomic E-state index is 0.351. The summed E-state index contributed by atoms with van der Waals surface area (Å²) < 4.78 is 5.11. The average molecular weight is 212 g/mol. The molecule has 1 aliphatic heterocycles. The highest BCUT2D eigenvalue weighted by atomic mass is 16.5. The van der Waals surface area contributed by atoms with Gasteiger partial charge in [-0.1, -0.05) is 6.58 Å². The predicted octanol–water partition coefficient (Wildman–Crippen LogP) is 1.02. The Morgan fingerprint density at radius 1 is 1.80 bits per heavy atom. The average Bonchev–Trinajstić information content (AvgIpc) is 2.62. The van der Waals surface area contributed by atoms with Crippen LogP contribution in [-0.2, 0) is 4.74 Å². The zero-order chi connectivity index (χ0) is 11.3. The molecular weight excluding hydrogens is 192 g/mol. The van der Waals surface area contributed by atoms with E-state index < -0.39 is 6.10 Å². The lowest BCUT2D eigenvalue weighted by Gasteiger charge is -2.20. The van der Waals surface area contributed by atoms with Crippen molar-refractivity contribution in [1.82, 2.24) is 5.01 Å². The van der Waals surface area contributed by atoms with Gasteiger partial charge in [0.2, 0.25) is 0 Å². The number of hydrazone groups is 1. The van der Waals surface area contributed by atoms with Crippen molar-refractivity contribution in [3.63, 3.8) is 0 Å². The normalized spacial score (nSPS) is 23.7. The third-order valence-corrected chi connectivity index (χ3v) is 2.57. The first-order valence-electron chi connectivity index (χ1n) is 5.28. The van der Waals surface area contributed by atoms with Gasteiger partial charge in [-0.2, -0.15) is 5.10 Å². The molecule has 0 spiro atoms. The lowest BCUT2D eigenvalue weighted by Crippen LogP contribution is -2.29. The Morgan fingerprint density at radius 2 is 2.53 bits per heavy atom. The fraction of sp³-hybridized carbons (Fsp3) is 0.727. The molecule has 0 aromatic carbocycles. The maximum Gasteiger partial charge on any atom is 0.111 e. The highest BCUT2D eigenvalue weighted by Crippen LogP contribution is 2.17. The van der Waals surface area contributed by atoms with Gasteiger partial charge in [0.15, 0.2) is 0 Å². The van der Waals surface area contributed by atoms with Crippen LogP contribution in [0, 0.1) is 0 Å². The van der Waals surface area contributed by atoms with Crippen LogP contribution >= 0.6 is 0 Å². The molecule has 15 heavy (non-hydrogen) atoms. The van der Waals surface area contributed by atoms with E-state index in [1.165, 1.54) is 6.21 Å². The quantitative estimate of drug-likeness (QED) is 0.546. The Labute approximate surface area is 91.2 Å². The SMILES string of the molecule is C=C(C)C(O)/C=N/N1CCCC1COC. The summed E-state index contributed by atoms with van der Waals surface area (Å²) in [6, 6.07) is 0.351. The molecule has 1 saturated heterocycles. The predicted molar refractivity (Wildman–Crippen MR) is 60.9 cm³/mol. The van der Waals surface area contributed by atoms with E-state index in [4.69, 9.17) is 4.74 Å². The second-order valence-corrected chi connectivity index (χ2v) is 3.97. The van der Waals surface area contributed by atoms with Crippen LogP contribution in [0.2, 0.25) is 0 Å². The molecular formula is C11H20N2O2. The lowest BCUT2D eigenvalue weighted by molar-refractivity contribution is 0.117. The first kappa shape index (κ1) is 12.2. The van der Waals surface area contributed by atoms with E-state index in [0.717, 1.165) is 19.4 Å². The van der Waals surface area contributed by atoms with E-state index in [2.05, 4.69) is 11.7 Å². The molecule has 1 rings (SSSR count). The third kappa shape index (κ3) is 3.64. The summed E-state index contributed by atoms with van der Waals surface area (Å²) >= 11 is 0. The minimum Gasteiger partial charge on any atom is -0.383 e. The summed E-state index contributed by atoms with van der Waals surface area (Å²) in [6.45, 7) is 7.09. The molecule has 0 aromatic rings. The molecule has 1 aliphatic rings. The van der Waals surface area contributed by atoms with Crippen LogP contribution in [0.1, 0.15) is 19.8 Å². The van der Waals surface area contributed by atoms with E-state index in [1.54, 1.807) is 14.0 Å². The minimum atomic E-state index is -0.645. The molecule has 0 amide bonds. The van der Waals surface area contributed by atoms with Crippen molar-refractivity contribution in [2.45, 2.75) is 31.9 Å². The van der Waals surface area contributed by atoms with Crippen molar-refractivity contribution >= 4 is 6.21 Å². The third-order valence-electron chi connectivity index (χ3n) is 2.57. The van der Waals surface area contributed by atoms with E-state index in [9.17, 15) is 5.11 Å². The van der Waals surface area contributed by atoms with Crippen LogP contribution in [-0.4, -0.2) is 48.7 Å². The zero-order valence-corrected chi connectivity index (χ0v) is 9.52. The fourth-order valence-electron chi connectivity index (χ4n) is 1.61. The van der Waals surface area contributed by atoms with Crippen molar-refractivity contribution in [3.8, 4) is 0 Å². The number of ether oxygens (including phenoxy) is 1. The highest BCUT2D eigenvalue weighted by molar-refractivity contribution is 5.66. The number of methoxy groups -OCH3 is 1. The molecule has 1 N–H and O–H groups in total. The molecule has 86 valence electrons. The van der Waals surface area contributed by atoms with Gasteiger partial charge in [0.25, 0.3) is 0 Å². The van der Waals surface area contributed by atoms with Gasteiger partial charge in [0.1, 0.15) is 6.10 Å². The van der Waals surface area contributed by atoms with Crippen LogP contribution in [0.3, 0.4) is 0 Å². The molecule has 0 radical (unpaired) electrons. The van der Waals surface area contributed by atoms with E-state index in [0.29, 0.717) is 18.2 Å². The maximum atomic E-state index is 9.50. The summed E-state index contributed by atoms with van der Waals surface area (Å²) in [4.78, 5) is 0. The molecule has 0 aliphatic carbocycles. The molecule has 1 heterocycles. The Morgan fingerprint density at radius 3 is 3.13 bits per heavy atom. The number of hydrogen-bond acceptors (Lipinski definition) is 4. The van der Waals surface area contributed by atoms with Gasteiger partial charge in [-0.15, -0.1) is 0 Å². The van der Waals surface area contributed by atoms with Crippen LogP contribution in [0.15, 0.2) is 17.3 Å². The monoisotopic (exact) mass is 212 g/mol. The van der Waals surface area contributed by atoms with Crippen LogP contribution in [0.4, 0.5) is 0 Å². The second kappa shape index (κ2) is 5.88. The number of hydrogen-bond donors (Lipinski definition) is 1. The Kier molecular flexibility index (Phi) is 4.78. The van der Waals surface area contributed by atoms with E-state index in [-0.39, 0.29) is 0 Å². The molecule has 0 bridgehead atoms. The van der Waals surface area contributed by atoms with Crippen LogP contribution in [0.5, 0.6) is 0 Å². The van der Waals surface area contributed by atoms with Crippen molar-refractivity contribution in [1.29, 1.82) is 0 Å². The Hall–Kier alpha value is -0.870. The van der Waals surface area contributed by atoms with E-state index >= 15 is 0 Å². The first-order chi connectivity index (χ1) is 7.15. The van der Waals surface area contributed by atoms with Gasteiger partial charge in [-0.25, -0.2) is 0 Å². The first-order valence-corrected chi connectivity index (χ1v) is 5.28. The Bertz CT molecular complexity index is 241. The molecule has 4 heteroatoms. The molecule has 2 unspecified atom stereocenters. The zero-order valence-electron chi connectivity index (χ0n) is 9.52. The fourth-order valence-corrected chi connectivity index (χ4v) is 1.61. The van der Waals surface area contributed by atoms with Crippen molar-refractivity contribution in [3.05, 3.63) is 12.2 Å². The number of aliphatic hydroxyl groups excluding tert-OH is 1. The molecule has 0 aromatic heterocycles. The lowest BCUT2D eigenvalue weighted by atomic mass is 10.2. The standard InChI is InChI=1S/C11H20N2O2/c1-9(2)11(14)7-12-13-6-4-5-10(13)8-15-3/h7,10-11,14H,1,4-6,8H2,2-3H3/b12-7+. The van der Waals surface area contributed by atoms with Gasteiger partial charge in [-0.3, -0.25) is 5.01 Å². The topological polar surface area (TPSA) is 45.1 Å². The molecule has 2 atom stereocenters. The van der Waals surface area contributed by atoms with Gasteiger partial charge in [-0.05, 0) is 25.3 Å². The van der Waals surface area contributed by atoms with Gasteiger partial charge < -0.3 is 9.84 Å². The van der Waals surface area contributed by atoms with Gasteiger partial charge >= 0.3 is 0 Å². The summed E-state index contributed by atoms with van der Waals surface area (Å²) in [5.74, 6) is 0. The number of nitrogens with zero attached hydrogens (tertiary/aromatic N) is 2. The van der Waals surface area contributed by atoms with Gasteiger partial charge in [0, 0.05) is 13.7 Å². The highest BCUT2D eigenvalue weighted by Gasteiger charge is 2.22. The number of rotatable bonds is 5. The summed E-state index contributed by atoms with van der Waals surface area (Å²) in [7, 11) is 1.70. The number of aliphatic hydroxyl groups is 1. The van der Waals surface area contributed by atoms with E-state index in [1.807, 2.05) is 5.01 Å². The summed E-state index contributed by atoms with van der Waals surface area (Å²) in [5.41, 5.74) is 0.709. The molecule has 1 fully saturated rings.